The first-order valence-corrected chi connectivity index (χ1v) is 10.2. The average molecular weight is 373 g/mol. The van der Waals surface area contributed by atoms with Crippen LogP contribution in [0.4, 0.5) is 10.5 Å². The maximum Gasteiger partial charge on any atom is 0.414 e. The van der Waals surface area contributed by atoms with Crippen molar-refractivity contribution in [2.24, 2.45) is 5.14 Å². The highest BCUT2D eigenvalue weighted by molar-refractivity contribution is 7.89. The minimum absolute atomic E-state index is 0.0386. The van der Waals surface area contributed by atoms with Crippen LogP contribution in [0.1, 0.15) is 59.6 Å². The number of carbonyl (C=O) groups is 1. The number of sulfonamides is 1. The van der Waals surface area contributed by atoms with Crippen LogP contribution in [-0.4, -0.2) is 26.7 Å². The van der Waals surface area contributed by atoms with Crippen molar-refractivity contribution in [1.29, 1.82) is 0 Å². The van der Waals surface area contributed by atoms with Crippen LogP contribution in [0.5, 0.6) is 0 Å². The minimum atomic E-state index is -3.82. The molecule has 0 fully saturated rings. The molecule has 7 heteroatoms. The van der Waals surface area contributed by atoms with Crippen molar-refractivity contribution in [3.05, 3.63) is 23.3 Å². The highest BCUT2D eigenvalue weighted by atomic mass is 32.2. The van der Waals surface area contributed by atoms with Gasteiger partial charge in [0.25, 0.3) is 0 Å². The molecule has 1 aromatic carbocycles. The molecule has 0 saturated heterocycles. The van der Waals surface area contributed by atoms with E-state index < -0.39 is 21.7 Å². The molecule has 2 rings (SSSR count). The molecule has 0 saturated carbocycles. The molecule has 6 nitrogen and oxygen atoms in total. The number of hydrogen-bond donors (Lipinski definition) is 1. The van der Waals surface area contributed by atoms with Gasteiger partial charge in [0, 0.05) is 6.54 Å². The quantitative estimate of drug-likeness (QED) is 0.807. The lowest BCUT2D eigenvalue weighted by molar-refractivity contribution is 0.0583. The Morgan fingerprint density at radius 2 is 1.68 bits per heavy atom. The van der Waals surface area contributed by atoms with Gasteiger partial charge in [0.15, 0.2) is 0 Å². The van der Waals surface area contributed by atoms with E-state index in [1.165, 1.54) is 11.0 Å². The molecule has 0 spiro atoms. The van der Waals surface area contributed by atoms with Crippen molar-refractivity contribution in [2.45, 2.75) is 72.3 Å². The summed E-state index contributed by atoms with van der Waals surface area (Å²) in [5.41, 5.74) is 1.39. The molecule has 0 aliphatic carbocycles. The van der Waals surface area contributed by atoms with Gasteiger partial charge in [-0.1, -0.05) is 33.8 Å². The van der Waals surface area contributed by atoms with Gasteiger partial charge in [-0.2, -0.15) is 0 Å². The van der Waals surface area contributed by atoms with E-state index >= 15 is 0 Å². The van der Waals surface area contributed by atoms with Gasteiger partial charge in [-0.05, 0) is 51.3 Å². The van der Waals surface area contributed by atoms with E-state index in [0.717, 1.165) is 5.56 Å². The van der Waals surface area contributed by atoms with Crippen molar-refractivity contribution >= 4 is 21.8 Å². The van der Waals surface area contributed by atoms with E-state index in [1.807, 2.05) is 27.7 Å². The van der Waals surface area contributed by atoms with Crippen molar-refractivity contribution < 1.29 is 17.9 Å². The number of rotatable bonds is 1. The van der Waals surface area contributed by atoms with Crippen LogP contribution in [0.2, 0.25) is 0 Å². The Hall–Kier alpha value is -1.60. The SMILES string of the molecule is CC.CC.Cc1c(S(N)(=O)=O)ccc2c1N(C(=O)OC(C)(C)C)CC2. The molecule has 1 aliphatic heterocycles. The Morgan fingerprint density at radius 1 is 1.16 bits per heavy atom. The molecule has 1 amide bonds. The standard InChI is InChI=1S/C14H20N2O4S.2C2H6/c1-9-11(21(15,18)19)6-5-10-7-8-16(12(9)10)13(17)20-14(2,3)4;2*1-2/h5-6H,7-8H2,1-4H3,(H2,15,18,19);2*1-2H3. The molecule has 0 atom stereocenters. The Labute approximate surface area is 152 Å². The molecule has 144 valence electrons. The molecular weight excluding hydrogens is 340 g/mol. The maximum absolute atomic E-state index is 12.3. The molecule has 0 bridgehead atoms. The molecular formula is C18H32N2O4S. The van der Waals surface area contributed by atoms with Crippen LogP contribution in [0.25, 0.3) is 0 Å². The van der Waals surface area contributed by atoms with Gasteiger partial charge in [0.1, 0.15) is 5.60 Å². The normalized spacial score (nSPS) is 13.1. The molecule has 1 heterocycles. The number of hydrogen-bond acceptors (Lipinski definition) is 4. The Bertz CT molecular complexity index is 692. The maximum atomic E-state index is 12.3. The predicted octanol–water partition coefficient (Wildman–Crippen LogP) is 3.99. The van der Waals surface area contributed by atoms with Crippen LogP contribution in [0.15, 0.2) is 17.0 Å². The summed E-state index contributed by atoms with van der Waals surface area (Å²) in [5.74, 6) is 0. The molecule has 0 aromatic heterocycles. The molecule has 0 radical (unpaired) electrons. The summed E-state index contributed by atoms with van der Waals surface area (Å²) in [5, 5.41) is 5.21. The third-order valence-corrected chi connectivity index (χ3v) is 4.32. The molecule has 0 unspecified atom stereocenters. The van der Waals surface area contributed by atoms with Crippen LogP contribution in [0, 0.1) is 6.92 Å². The van der Waals surface area contributed by atoms with E-state index in [9.17, 15) is 13.2 Å². The van der Waals surface area contributed by atoms with Gasteiger partial charge in [-0.3, -0.25) is 4.90 Å². The highest BCUT2D eigenvalue weighted by Gasteiger charge is 2.32. The highest BCUT2D eigenvalue weighted by Crippen LogP contribution is 2.35. The third kappa shape index (κ3) is 6.01. The molecule has 1 aromatic rings. The van der Waals surface area contributed by atoms with Crippen LogP contribution >= 0.6 is 0 Å². The first kappa shape index (κ1) is 23.4. The number of amides is 1. The van der Waals surface area contributed by atoms with Gasteiger partial charge in [-0.25, -0.2) is 18.4 Å². The third-order valence-electron chi connectivity index (χ3n) is 3.26. The lowest BCUT2D eigenvalue weighted by atomic mass is 10.1. The number of ether oxygens (including phenoxy) is 1. The van der Waals surface area contributed by atoms with E-state index in [4.69, 9.17) is 9.88 Å². The average Bonchev–Trinajstić information content (AvgIpc) is 2.94. The van der Waals surface area contributed by atoms with Crippen LogP contribution < -0.4 is 10.0 Å². The summed E-state index contributed by atoms with van der Waals surface area (Å²) < 4.78 is 28.6. The number of nitrogens with two attached hydrogens (primary N) is 1. The zero-order chi connectivity index (χ0) is 20.0. The lowest BCUT2D eigenvalue weighted by Crippen LogP contribution is -2.36. The number of anilines is 1. The summed E-state index contributed by atoms with van der Waals surface area (Å²) in [6, 6.07) is 3.19. The minimum Gasteiger partial charge on any atom is -0.443 e. The topological polar surface area (TPSA) is 89.7 Å². The van der Waals surface area contributed by atoms with E-state index in [0.29, 0.717) is 24.2 Å². The molecule has 2 N–H and O–H groups in total. The Kier molecular flexibility index (Phi) is 8.61. The number of nitrogens with zero attached hydrogens (tertiary/aromatic N) is 1. The smallest absolute Gasteiger partial charge is 0.414 e. The summed E-state index contributed by atoms with van der Waals surface area (Å²) >= 11 is 0. The van der Waals surface area contributed by atoms with Crippen molar-refractivity contribution in [3.63, 3.8) is 0 Å². The predicted molar refractivity (Wildman–Crippen MR) is 103 cm³/mol. The van der Waals surface area contributed by atoms with E-state index in [-0.39, 0.29) is 4.90 Å². The Morgan fingerprint density at radius 3 is 2.12 bits per heavy atom. The van der Waals surface area contributed by atoms with E-state index in [1.54, 1.807) is 33.8 Å². The second kappa shape index (κ2) is 9.20. The fraction of sp³-hybridized carbons (Fsp3) is 0.611. The number of carbonyl (C=O) groups excluding carboxylic acids is 1. The van der Waals surface area contributed by atoms with Gasteiger partial charge >= 0.3 is 6.09 Å². The van der Waals surface area contributed by atoms with Gasteiger partial charge in [0.2, 0.25) is 10.0 Å². The van der Waals surface area contributed by atoms with E-state index in [2.05, 4.69) is 0 Å². The zero-order valence-corrected chi connectivity index (χ0v) is 17.5. The monoisotopic (exact) mass is 372 g/mol. The number of benzene rings is 1. The summed E-state index contributed by atoms with van der Waals surface area (Å²) in [6.07, 6.45) is 0.191. The largest absolute Gasteiger partial charge is 0.443 e. The second-order valence-electron chi connectivity index (χ2n) is 6.12. The lowest BCUT2D eigenvalue weighted by Gasteiger charge is -2.26. The second-order valence-corrected chi connectivity index (χ2v) is 7.65. The fourth-order valence-corrected chi connectivity index (χ4v) is 3.25. The van der Waals surface area contributed by atoms with Crippen molar-refractivity contribution in [2.75, 3.05) is 11.4 Å². The number of fused-ring (bicyclic) bond motifs is 1. The fourth-order valence-electron chi connectivity index (χ4n) is 2.47. The summed E-state index contributed by atoms with van der Waals surface area (Å²) in [7, 11) is -3.82. The van der Waals surface area contributed by atoms with Gasteiger partial charge in [0.05, 0.1) is 10.6 Å². The van der Waals surface area contributed by atoms with Crippen LogP contribution in [-0.2, 0) is 21.2 Å². The summed E-state index contributed by atoms with van der Waals surface area (Å²) in [6.45, 7) is 15.5. The Balaban J connectivity index is 0.00000134. The van der Waals surface area contributed by atoms with Gasteiger partial charge < -0.3 is 4.74 Å². The van der Waals surface area contributed by atoms with Gasteiger partial charge in [-0.15, -0.1) is 0 Å². The zero-order valence-electron chi connectivity index (χ0n) is 16.6. The van der Waals surface area contributed by atoms with Crippen molar-refractivity contribution in [3.8, 4) is 0 Å². The van der Waals surface area contributed by atoms with Crippen LogP contribution in [0.3, 0.4) is 0 Å². The first-order valence-electron chi connectivity index (χ1n) is 8.66. The summed E-state index contributed by atoms with van der Waals surface area (Å²) in [4.78, 5) is 13.8. The molecule has 25 heavy (non-hydrogen) atoms. The first-order chi connectivity index (χ1) is 11.5. The number of primary sulfonamides is 1. The van der Waals surface area contributed by atoms with Crippen molar-refractivity contribution in [1.82, 2.24) is 0 Å². The molecule has 1 aliphatic rings.